The van der Waals surface area contributed by atoms with Crippen LogP contribution in [-0.4, -0.2) is 16.7 Å². The molecule has 0 aliphatic carbocycles. The van der Waals surface area contributed by atoms with Gasteiger partial charge in [0.15, 0.2) is 0 Å². The van der Waals surface area contributed by atoms with E-state index in [0.29, 0.717) is 0 Å². The highest BCUT2D eigenvalue weighted by atomic mass is 32.1. The lowest BCUT2D eigenvalue weighted by Gasteiger charge is -1.93. The van der Waals surface area contributed by atoms with Crippen molar-refractivity contribution in [3.63, 3.8) is 0 Å². The molecule has 1 N–H and O–H groups in total. The molecule has 4 heteroatoms. The fourth-order valence-electron chi connectivity index (χ4n) is 1.28. The molecule has 0 saturated heterocycles. The minimum absolute atomic E-state index is 0.533. The topological polar surface area (TPSA) is 33.1 Å². The number of rotatable bonds is 3. The van der Waals surface area contributed by atoms with Crippen LogP contribution in [-0.2, 0) is 0 Å². The molecule has 0 unspecified atom stereocenters. The minimum Gasteiger partial charge on any atom is -0.389 e. The average Bonchev–Trinajstić information content (AvgIpc) is 2.78. The third kappa shape index (κ3) is 2.53. The number of halogens is 1. The molecule has 2 heterocycles. The third-order valence-corrected chi connectivity index (χ3v) is 3.05. The summed E-state index contributed by atoms with van der Waals surface area (Å²) in [6.45, 7) is -0.559. The second-order valence-electron chi connectivity index (χ2n) is 3.17. The van der Waals surface area contributed by atoms with Crippen molar-refractivity contribution in [3.05, 3.63) is 47.2 Å². The summed E-state index contributed by atoms with van der Waals surface area (Å²) >= 11 is 1.44. The van der Waals surface area contributed by atoms with Crippen LogP contribution in [0, 0.1) is 0 Å². The molecule has 2 nitrogen and oxygen atoms in total. The molecule has 0 aliphatic heterocycles. The summed E-state index contributed by atoms with van der Waals surface area (Å²) in [7, 11) is 0. The van der Waals surface area contributed by atoms with Crippen molar-refractivity contribution in [3.8, 4) is 10.6 Å². The first-order chi connectivity index (χ1) is 7.79. The Balaban J connectivity index is 2.27. The zero-order valence-corrected chi connectivity index (χ0v) is 9.25. The molecule has 0 aromatic carbocycles. The Morgan fingerprint density at radius 2 is 2.25 bits per heavy atom. The number of pyridine rings is 1. The van der Waals surface area contributed by atoms with Crippen LogP contribution in [0.4, 0.5) is 4.39 Å². The van der Waals surface area contributed by atoms with E-state index in [1.807, 2.05) is 30.3 Å². The summed E-state index contributed by atoms with van der Waals surface area (Å²) in [6.07, 6.45) is 3.05. The Morgan fingerprint density at radius 1 is 1.38 bits per heavy atom. The molecule has 0 bridgehead atoms. The lowest BCUT2D eigenvalue weighted by Crippen LogP contribution is -1.79. The number of aliphatic hydroxyl groups excluding tert-OH is 1. The number of aliphatic hydroxyl groups is 1. The smallest absolute Gasteiger partial charge is 0.127 e. The van der Waals surface area contributed by atoms with Crippen LogP contribution >= 0.6 is 11.3 Å². The molecule has 0 radical (unpaired) electrons. The quantitative estimate of drug-likeness (QED) is 0.886. The van der Waals surface area contributed by atoms with Crippen molar-refractivity contribution in [2.45, 2.75) is 0 Å². The van der Waals surface area contributed by atoms with E-state index >= 15 is 0 Å². The van der Waals surface area contributed by atoms with E-state index in [2.05, 4.69) is 4.98 Å². The van der Waals surface area contributed by atoms with Gasteiger partial charge in [0.1, 0.15) is 5.83 Å². The highest BCUT2D eigenvalue weighted by Crippen LogP contribution is 2.27. The van der Waals surface area contributed by atoms with E-state index in [9.17, 15) is 4.39 Å². The van der Waals surface area contributed by atoms with Gasteiger partial charge in [-0.2, -0.15) is 0 Å². The molecule has 2 aromatic rings. The Bertz CT molecular complexity index is 493. The van der Waals surface area contributed by atoms with Crippen molar-refractivity contribution in [2.75, 3.05) is 6.61 Å². The molecular weight excluding hydrogens is 225 g/mol. The zero-order valence-electron chi connectivity index (χ0n) is 8.43. The molecule has 0 amide bonds. The predicted molar refractivity (Wildman–Crippen MR) is 63.7 cm³/mol. The first kappa shape index (κ1) is 11.0. The number of thiophene rings is 1. The maximum atomic E-state index is 12.8. The highest BCUT2D eigenvalue weighted by molar-refractivity contribution is 7.16. The lowest BCUT2D eigenvalue weighted by atomic mass is 10.3. The van der Waals surface area contributed by atoms with Crippen LogP contribution in [0.2, 0.25) is 0 Å². The molecule has 0 aliphatic rings. The number of hydrogen-bond acceptors (Lipinski definition) is 3. The normalized spacial score (nSPS) is 11.8. The van der Waals surface area contributed by atoms with Gasteiger partial charge in [-0.3, -0.25) is 4.98 Å². The molecule has 16 heavy (non-hydrogen) atoms. The molecular formula is C12H10FNOS. The van der Waals surface area contributed by atoms with E-state index in [1.165, 1.54) is 17.4 Å². The molecule has 0 saturated carbocycles. The van der Waals surface area contributed by atoms with Crippen LogP contribution in [0.25, 0.3) is 16.6 Å². The Morgan fingerprint density at radius 3 is 2.94 bits per heavy atom. The van der Waals surface area contributed by atoms with Gasteiger partial charge in [0.2, 0.25) is 0 Å². The first-order valence-electron chi connectivity index (χ1n) is 4.78. The Labute approximate surface area is 96.7 Å². The summed E-state index contributed by atoms with van der Waals surface area (Å²) in [5.41, 5.74) is 0.872. The van der Waals surface area contributed by atoms with Crippen molar-refractivity contribution in [1.82, 2.24) is 4.98 Å². The average molecular weight is 235 g/mol. The van der Waals surface area contributed by atoms with Crippen molar-refractivity contribution >= 4 is 17.4 Å². The van der Waals surface area contributed by atoms with Crippen LogP contribution < -0.4 is 0 Å². The van der Waals surface area contributed by atoms with Gasteiger partial charge in [-0.25, -0.2) is 4.39 Å². The third-order valence-electron chi connectivity index (χ3n) is 1.99. The highest BCUT2D eigenvalue weighted by Gasteiger charge is 2.02. The summed E-state index contributed by atoms with van der Waals surface area (Å²) in [6, 6.07) is 9.37. The maximum absolute atomic E-state index is 12.8. The summed E-state index contributed by atoms with van der Waals surface area (Å²) in [5.74, 6) is -0.533. The van der Waals surface area contributed by atoms with Gasteiger partial charge < -0.3 is 5.11 Å². The van der Waals surface area contributed by atoms with Crippen LogP contribution in [0.5, 0.6) is 0 Å². The van der Waals surface area contributed by atoms with Gasteiger partial charge in [-0.15, -0.1) is 11.3 Å². The lowest BCUT2D eigenvalue weighted by molar-refractivity contribution is 0.300. The van der Waals surface area contributed by atoms with Gasteiger partial charge in [-0.1, -0.05) is 6.07 Å². The minimum atomic E-state index is -0.559. The molecule has 0 atom stereocenters. The van der Waals surface area contributed by atoms with Gasteiger partial charge in [0, 0.05) is 11.1 Å². The fraction of sp³-hybridized carbons (Fsp3) is 0.0833. The second kappa shape index (κ2) is 5.01. The molecule has 2 rings (SSSR count). The van der Waals surface area contributed by atoms with E-state index in [0.717, 1.165) is 15.4 Å². The largest absolute Gasteiger partial charge is 0.389 e. The summed E-state index contributed by atoms with van der Waals surface area (Å²) < 4.78 is 12.8. The number of nitrogens with zero attached hydrogens (tertiary/aromatic N) is 1. The Hall–Kier alpha value is -1.52. The van der Waals surface area contributed by atoms with Crippen molar-refractivity contribution < 1.29 is 9.50 Å². The maximum Gasteiger partial charge on any atom is 0.127 e. The molecule has 0 spiro atoms. The molecule has 82 valence electrons. The van der Waals surface area contributed by atoms with E-state index in [1.54, 1.807) is 6.20 Å². The number of aromatic nitrogens is 1. The monoisotopic (exact) mass is 235 g/mol. The van der Waals surface area contributed by atoms with Crippen LogP contribution in [0.15, 0.2) is 42.4 Å². The summed E-state index contributed by atoms with van der Waals surface area (Å²) in [5, 5.41) is 8.57. The fourth-order valence-corrected chi connectivity index (χ4v) is 2.21. The SMILES string of the molecule is OC/C(F)=C\c1ccc(-c2ccccn2)s1. The predicted octanol–water partition coefficient (Wildman–Crippen LogP) is 3.11. The van der Waals surface area contributed by atoms with Crippen LogP contribution in [0.3, 0.4) is 0 Å². The van der Waals surface area contributed by atoms with Crippen molar-refractivity contribution in [2.24, 2.45) is 0 Å². The second-order valence-corrected chi connectivity index (χ2v) is 4.28. The standard InChI is InChI=1S/C12H10FNOS/c13-9(8-15)7-10-4-5-12(16-10)11-3-1-2-6-14-11/h1-7,15H,8H2/b9-7+. The van der Waals surface area contributed by atoms with Gasteiger partial charge >= 0.3 is 0 Å². The van der Waals surface area contributed by atoms with E-state index in [-0.39, 0.29) is 0 Å². The molecule has 0 fully saturated rings. The zero-order chi connectivity index (χ0) is 11.4. The van der Waals surface area contributed by atoms with Crippen molar-refractivity contribution in [1.29, 1.82) is 0 Å². The molecule has 2 aromatic heterocycles. The van der Waals surface area contributed by atoms with E-state index in [4.69, 9.17) is 5.11 Å². The van der Waals surface area contributed by atoms with Crippen LogP contribution in [0.1, 0.15) is 4.88 Å². The Kier molecular flexibility index (Phi) is 3.44. The first-order valence-corrected chi connectivity index (χ1v) is 5.59. The van der Waals surface area contributed by atoms with Gasteiger partial charge in [0.05, 0.1) is 17.2 Å². The van der Waals surface area contributed by atoms with Gasteiger partial charge in [-0.05, 0) is 30.3 Å². The summed E-state index contributed by atoms with van der Waals surface area (Å²) in [4.78, 5) is 5.96. The van der Waals surface area contributed by atoms with E-state index < -0.39 is 12.4 Å². The number of hydrogen-bond donors (Lipinski definition) is 1. The van der Waals surface area contributed by atoms with Gasteiger partial charge in [0.25, 0.3) is 0 Å².